The molecule has 58 valence electrons. The van der Waals surface area contributed by atoms with Crippen LogP contribution in [0.2, 0.25) is 0 Å². The van der Waals surface area contributed by atoms with Gasteiger partial charge >= 0.3 is 10.4 Å². The zero-order chi connectivity index (χ0) is 6.78. The van der Waals surface area contributed by atoms with Crippen LogP contribution in [0.4, 0.5) is 0 Å². The van der Waals surface area contributed by atoms with Gasteiger partial charge in [-0.05, 0) is 13.8 Å². The van der Waals surface area contributed by atoms with Crippen molar-refractivity contribution < 1.29 is 17.2 Å². The van der Waals surface area contributed by atoms with Crippen LogP contribution in [-0.4, -0.2) is 19.1 Å². The summed E-state index contributed by atoms with van der Waals surface area (Å²) in [5, 5.41) is 0. The van der Waals surface area contributed by atoms with Crippen molar-refractivity contribution in [2.24, 2.45) is 0 Å². The average Bonchev–Trinajstić information content (AvgIpc) is 1.21. The minimum absolute atomic E-state index is 0. The highest BCUT2D eigenvalue weighted by molar-refractivity contribution is 7.80. The summed E-state index contributed by atoms with van der Waals surface area (Å²) in [6.07, 6.45) is -0.495. The molecule has 0 aliphatic heterocycles. The molecule has 0 aromatic heterocycles. The van der Waals surface area contributed by atoms with Crippen molar-refractivity contribution in [2.45, 2.75) is 20.0 Å². The Morgan fingerprint density at radius 2 is 1.78 bits per heavy atom. The lowest BCUT2D eigenvalue weighted by Gasteiger charge is -1.99. The molecular formula is C3H11NO4S. The molecule has 0 saturated carbocycles. The molecule has 5 nitrogen and oxygen atoms in total. The van der Waals surface area contributed by atoms with Crippen molar-refractivity contribution >= 4 is 10.4 Å². The smallest absolute Gasteiger partial charge is 0.344 e. The lowest BCUT2D eigenvalue weighted by molar-refractivity contribution is 0.213. The highest BCUT2D eigenvalue weighted by atomic mass is 32.3. The average molecular weight is 157 g/mol. The van der Waals surface area contributed by atoms with Crippen molar-refractivity contribution in [3.63, 3.8) is 0 Å². The summed E-state index contributed by atoms with van der Waals surface area (Å²) in [6, 6.07) is 0. The molecule has 0 amide bonds. The summed E-state index contributed by atoms with van der Waals surface area (Å²) < 4.78 is 31.5. The fourth-order valence-electron chi connectivity index (χ4n) is 0.243. The van der Waals surface area contributed by atoms with E-state index in [1.165, 1.54) is 13.8 Å². The predicted octanol–water partition coefficient (Wildman–Crippen LogP) is 0.376. The van der Waals surface area contributed by atoms with E-state index in [9.17, 15) is 8.42 Å². The van der Waals surface area contributed by atoms with Crippen LogP contribution in [-0.2, 0) is 14.6 Å². The van der Waals surface area contributed by atoms with Gasteiger partial charge in [-0.3, -0.25) is 4.55 Å². The molecule has 0 aromatic rings. The van der Waals surface area contributed by atoms with E-state index in [2.05, 4.69) is 4.18 Å². The Balaban J connectivity index is 0. The predicted molar refractivity (Wildman–Crippen MR) is 32.8 cm³/mol. The first-order valence-corrected chi connectivity index (χ1v) is 3.44. The highest BCUT2D eigenvalue weighted by Crippen LogP contribution is 1.92. The summed E-state index contributed by atoms with van der Waals surface area (Å²) in [6.45, 7) is 3.02. The molecule has 0 aliphatic rings. The van der Waals surface area contributed by atoms with Gasteiger partial charge in [-0.1, -0.05) is 0 Å². The van der Waals surface area contributed by atoms with Crippen LogP contribution in [0.5, 0.6) is 0 Å². The Morgan fingerprint density at radius 1 is 1.44 bits per heavy atom. The van der Waals surface area contributed by atoms with E-state index in [4.69, 9.17) is 4.55 Å². The van der Waals surface area contributed by atoms with Crippen molar-refractivity contribution in [2.75, 3.05) is 0 Å². The molecule has 0 saturated heterocycles. The second-order valence-electron chi connectivity index (χ2n) is 1.57. The van der Waals surface area contributed by atoms with E-state index < -0.39 is 16.5 Å². The third-order valence-electron chi connectivity index (χ3n) is 0.314. The Kier molecular flexibility index (Phi) is 4.87. The van der Waals surface area contributed by atoms with Gasteiger partial charge in [0.2, 0.25) is 0 Å². The molecule has 0 unspecified atom stereocenters. The first-order chi connectivity index (χ1) is 3.42. The van der Waals surface area contributed by atoms with E-state index in [0.717, 1.165) is 0 Å². The van der Waals surface area contributed by atoms with Crippen LogP contribution in [0.1, 0.15) is 13.8 Å². The van der Waals surface area contributed by atoms with E-state index in [0.29, 0.717) is 0 Å². The van der Waals surface area contributed by atoms with Crippen molar-refractivity contribution in [3.8, 4) is 0 Å². The maximum atomic E-state index is 9.78. The zero-order valence-electron chi connectivity index (χ0n) is 5.36. The van der Waals surface area contributed by atoms with Gasteiger partial charge in [-0.25, -0.2) is 4.18 Å². The summed E-state index contributed by atoms with van der Waals surface area (Å²) in [5.41, 5.74) is 0. The Labute approximate surface area is 54.6 Å². The minimum atomic E-state index is -4.22. The van der Waals surface area contributed by atoms with E-state index in [1.807, 2.05) is 0 Å². The molecule has 6 heteroatoms. The van der Waals surface area contributed by atoms with Crippen LogP contribution in [0.15, 0.2) is 0 Å². The lowest BCUT2D eigenvalue weighted by atomic mass is 10.5. The van der Waals surface area contributed by atoms with Crippen molar-refractivity contribution in [3.05, 3.63) is 0 Å². The van der Waals surface area contributed by atoms with E-state index in [-0.39, 0.29) is 6.15 Å². The maximum Gasteiger partial charge on any atom is 0.397 e. The van der Waals surface area contributed by atoms with E-state index in [1.54, 1.807) is 0 Å². The van der Waals surface area contributed by atoms with Crippen LogP contribution >= 0.6 is 0 Å². The van der Waals surface area contributed by atoms with Gasteiger partial charge in [0.1, 0.15) is 0 Å². The molecule has 0 aliphatic carbocycles. The van der Waals surface area contributed by atoms with Crippen LogP contribution in [0.25, 0.3) is 0 Å². The Bertz CT molecular complexity index is 149. The van der Waals surface area contributed by atoms with Gasteiger partial charge in [-0.2, -0.15) is 8.42 Å². The fourth-order valence-corrected chi connectivity index (χ4v) is 0.730. The molecule has 0 fully saturated rings. The monoisotopic (exact) mass is 157 g/mol. The standard InChI is InChI=1S/C3H8O4S.H3N/c1-3(2)7-8(4,5)6;/h3H,1-2H3,(H,4,5,6);1H3. The van der Waals surface area contributed by atoms with Gasteiger partial charge in [0.15, 0.2) is 0 Å². The highest BCUT2D eigenvalue weighted by Gasteiger charge is 2.05. The molecule has 0 atom stereocenters. The topological polar surface area (TPSA) is 98.6 Å². The minimum Gasteiger partial charge on any atom is -0.344 e. The van der Waals surface area contributed by atoms with Gasteiger partial charge in [0.05, 0.1) is 6.10 Å². The zero-order valence-corrected chi connectivity index (χ0v) is 6.18. The number of hydrogen-bond donors (Lipinski definition) is 2. The first-order valence-electron chi connectivity index (χ1n) is 2.07. The SMILES string of the molecule is CC(C)OS(=O)(=O)O.N. The Morgan fingerprint density at radius 3 is 1.78 bits per heavy atom. The number of hydrogen-bond acceptors (Lipinski definition) is 4. The molecule has 0 rings (SSSR count). The molecule has 0 spiro atoms. The van der Waals surface area contributed by atoms with Crippen LogP contribution < -0.4 is 6.15 Å². The van der Waals surface area contributed by atoms with E-state index >= 15 is 0 Å². The summed E-state index contributed by atoms with van der Waals surface area (Å²) >= 11 is 0. The maximum absolute atomic E-state index is 9.78. The van der Waals surface area contributed by atoms with Crippen molar-refractivity contribution in [1.82, 2.24) is 6.15 Å². The van der Waals surface area contributed by atoms with Crippen LogP contribution in [0.3, 0.4) is 0 Å². The molecule has 0 bridgehead atoms. The summed E-state index contributed by atoms with van der Waals surface area (Å²) in [4.78, 5) is 0. The quantitative estimate of drug-likeness (QED) is 0.564. The largest absolute Gasteiger partial charge is 0.397 e. The molecule has 0 heterocycles. The molecule has 0 aromatic carbocycles. The van der Waals surface area contributed by atoms with Gasteiger partial charge in [0, 0.05) is 0 Å². The first kappa shape index (κ1) is 11.6. The van der Waals surface area contributed by atoms with Gasteiger partial charge < -0.3 is 6.15 Å². The molecule has 9 heavy (non-hydrogen) atoms. The molecule has 4 N–H and O–H groups in total. The molecule has 0 radical (unpaired) electrons. The second kappa shape index (κ2) is 3.78. The summed E-state index contributed by atoms with van der Waals surface area (Å²) in [5.74, 6) is 0. The normalized spacial score (nSPS) is 11.1. The number of rotatable bonds is 2. The van der Waals surface area contributed by atoms with Crippen LogP contribution in [0, 0.1) is 0 Å². The third-order valence-corrected chi connectivity index (χ3v) is 0.942. The van der Waals surface area contributed by atoms with Gasteiger partial charge in [-0.15, -0.1) is 0 Å². The lowest BCUT2D eigenvalue weighted by Crippen LogP contribution is -2.10. The van der Waals surface area contributed by atoms with Crippen molar-refractivity contribution in [1.29, 1.82) is 0 Å². The fraction of sp³-hybridized carbons (Fsp3) is 1.00. The summed E-state index contributed by atoms with van der Waals surface area (Å²) in [7, 11) is -4.22. The second-order valence-corrected chi connectivity index (χ2v) is 2.62. The molecular weight excluding hydrogens is 146 g/mol. The Hall–Kier alpha value is -0.170. The third kappa shape index (κ3) is 11.4. The van der Waals surface area contributed by atoms with Gasteiger partial charge in [0.25, 0.3) is 0 Å².